The average Bonchev–Trinajstić information content (AvgIpc) is 2.44. The highest BCUT2D eigenvalue weighted by Gasteiger charge is 2.34. The lowest BCUT2D eigenvalue weighted by Crippen LogP contribution is -2.35. The lowest BCUT2D eigenvalue weighted by Gasteiger charge is -2.39. The third-order valence-electron chi connectivity index (χ3n) is 4.69. The average molecular weight is 267 g/mol. The van der Waals surface area contributed by atoms with Crippen LogP contribution in [-0.2, 0) is 12.8 Å². The second-order valence-corrected chi connectivity index (χ2v) is 5.82. The van der Waals surface area contributed by atoms with Gasteiger partial charge >= 0.3 is 0 Å². The van der Waals surface area contributed by atoms with Gasteiger partial charge in [0.05, 0.1) is 0 Å². The Hall–Kier alpha value is -2.00. The van der Waals surface area contributed by atoms with Crippen LogP contribution in [0.2, 0.25) is 0 Å². The fourth-order valence-corrected chi connectivity index (χ4v) is 3.65. The largest absolute Gasteiger partial charge is 0.508 e. The molecule has 1 aliphatic carbocycles. The number of fused-ring (bicyclic) bond motifs is 2. The third-order valence-corrected chi connectivity index (χ3v) is 4.69. The smallest absolute Gasteiger partial charge is 0.123 e. The molecular weight excluding hydrogens is 250 g/mol. The molecule has 2 aromatic carbocycles. The zero-order valence-corrected chi connectivity index (χ0v) is 11.4. The van der Waals surface area contributed by atoms with E-state index >= 15 is 0 Å². The standard InChI is InChI=1S/C17H17NO2/c1-18-7-6-10-3-5-15(20)17-13-9-12(19)4-2-11(13)8-14(18)16(10)17/h2-5,9,14,19-20H,6-8H2,1H3. The normalized spacial score (nSPS) is 20.4. The highest BCUT2D eigenvalue weighted by molar-refractivity contribution is 5.81. The van der Waals surface area contributed by atoms with Crippen LogP contribution in [-0.4, -0.2) is 28.7 Å². The van der Waals surface area contributed by atoms with Crippen LogP contribution in [0.5, 0.6) is 11.5 Å². The summed E-state index contributed by atoms with van der Waals surface area (Å²) in [5.41, 5.74) is 5.66. The van der Waals surface area contributed by atoms with Crippen molar-refractivity contribution in [1.82, 2.24) is 4.90 Å². The molecule has 2 aromatic rings. The van der Waals surface area contributed by atoms with Gasteiger partial charge in [-0.05, 0) is 60.3 Å². The maximum atomic E-state index is 10.3. The second kappa shape index (κ2) is 4.00. The first-order chi connectivity index (χ1) is 9.65. The van der Waals surface area contributed by atoms with Crippen molar-refractivity contribution in [3.05, 3.63) is 47.0 Å². The van der Waals surface area contributed by atoms with Crippen molar-refractivity contribution < 1.29 is 10.2 Å². The van der Waals surface area contributed by atoms with Gasteiger partial charge in [-0.15, -0.1) is 0 Å². The highest BCUT2D eigenvalue weighted by Crippen LogP contribution is 2.48. The van der Waals surface area contributed by atoms with Gasteiger partial charge in [-0.25, -0.2) is 0 Å². The number of nitrogens with zero attached hydrogens (tertiary/aromatic N) is 1. The molecule has 1 unspecified atom stereocenters. The predicted molar refractivity (Wildman–Crippen MR) is 78.0 cm³/mol. The van der Waals surface area contributed by atoms with Crippen LogP contribution < -0.4 is 0 Å². The minimum absolute atomic E-state index is 0.253. The van der Waals surface area contributed by atoms with Crippen molar-refractivity contribution in [1.29, 1.82) is 0 Å². The summed E-state index contributed by atoms with van der Waals surface area (Å²) < 4.78 is 0. The van der Waals surface area contributed by atoms with Crippen LogP contribution in [0.4, 0.5) is 0 Å². The van der Waals surface area contributed by atoms with Gasteiger partial charge in [0.2, 0.25) is 0 Å². The van der Waals surface area contributed by atoms with E-state index in [0.717, 1.165) is 30.5 Å². The summed E-state index contributed by atoms with van der Waals surface area (Å²) in [7, 11) is 2.15. The second-order valence-electron chi connectivity index (χ2n) is 5.82. The van der Waals surface area contributed by atoms with Crippen LogP contribution in [0, 0.1) is 0 Å². The molecule has 0 saturated heterocycles. The molecule has 0 spiro atoms. The van der Waals surface area contributed by atoms with Crippen LogP contribution in [0.15, 0.2) is 30.3 Å². The zero-order chi connectivity index (χ0) is 13.9. The quantitative estimate of drug-likeness (QED) is 0.771. The molecule has 3 nitrogen and oxygen atoms in total. The molecule has 1 heterocycles. The monoisotopic (exact) mass is 267 g/mol. The fraction of sp³-hybridized carbons (Fsp3) is 0.294. The van der Waals surface area contributed by atoms with Gasteiger partial charge in [-0.3, -0.25) is 4.90 Å². The predicted octanol–water partition coefficient (Wildman–Crippen LogP) is 2.85. The van der Waals surface area contributed by atoms with Crippen molar-refractivity contribution in [3.63, 3.8) is 0 Å². The van der Waals surface area contributed by atoms with E-state index in [1.807, 2.05) is 12.1 Å². The third kappa shape index (κ3) is 1.50. The van der Waals surface area contributed by atoms with Gasteiger partial charge in [0.25, 0.3) is 0 Å². The Bertz CT molecular complexity index is 708. The van der Waals surface area contributed by atoms with E-state index in [4.69, 9.17) is 0 Å². The van der Waals surface area contributed by atoms with Crippen molar-refractivity contribution in [2.24, 2.45) is 0 Å². The summed E-state index contributed by atoms with van der Waals surface area (Å²) in [5, 5.41) is 20.1. The van der Waals surface area contributed by atoms with E-state index in [9.17, 15) is 10.2 Å². The Morgan fingerprint density at radius 1 is 1.10 bits per heavy atom. The Labute approximate surface area is 118 Å². The number of benzene rings is 2. The lowest BCUT2D eigenvalue weighted by molar-refractivity contribution is 0.227. The van der Waals surface area contributed by atoms with Crippen molar-refractivity contribution in [2.45, 2.75) is 18.9 Å². The summed E-state index contributed by atoms with van der Waals surface area (Å²) in [6, 6.07) is 9.64. The van der Waals surface area contributed by atoms with E-state index in [1.165, 1.54) is 16.7 Å². The summed E-state index contributed by atoms with van der Waals surface area (Å²) in [4.78, 5) is 2.36. The van der Waals surface area contributed by atoms with E-state index in [1.54, 1.807) is 18.2 Å². The molecule has 20 heavy (non-hydrogen) atoms. The van der Waals surface area contributed by atoms with Crippen LogP contribution in [0.25, 0.3) is 11.1 Å². The molecule has 2 aliphatic rings. The summed E-state index contributed by atoms with van der Waals surface area (Å²) in [5.74, 6) is 0.568. The SMILES string of the molecule is CN1CCc2ccc(O)c3c2C1Cc1ccc(O)cc1-3. The summed E-state index contributed by atoms with van der Waals surface area (Å²) >= 11 is 0. The van der Waals surface area contributed by atoms with E-state index in [0.29, 0.717) is 11.8 Å². The van der Waals surface area contributed by atoms with E-state index in [-0.39, 0.29) is 5.75 Å². The van der Waals surface area contributed by atoms with Crippen LogP contribution >= 0.6 is 0 Å². The number of phenols is 2. The maximum Gasteiger partial charge on any atom is 0.123 e. The number of hydrogen-bond acceptors (Lipinski definition) is 3. The highest BCUT2D eigenvalue weighted by atomic mass is 16.3. The number of likely N-dealkylation sites (N-methyl/N-ethyl adjacent to an activating group) is 1. The van der Waals surface area contributed by atoms with Gasteiger partial charge in [-0.2, -0.15) is 0 Å². The molecule has 102 valence electrons. The molecule has 0 amide bonds. The van der Waals surface area contributed by atoms with Gasteiger partial charge < -0.3 is 10.2 Å². The fourth-order valence-electron chi connectivity index (χ4n) is 3.65. The Morgan fingerprint density at radius 3 is 2.75 bits per heavy atom. The Balaban J connectivity index is 2.06. The molecule has 3 heteroatoms. The first kappa shape index (κ1) is 11.8. The molecule has 1 atom stereocenters. The molecule has 0 saturated carbocycles. The molecule has 0 aromatic heterocycles. The van der Waals surface area contributed by atoms with E-state index in [2.05, 4.69) is 11.9 Å². The Morgan fingerprint density at radius 2 is 1.90 bits per heavy atom. The van der Waals surface area contributed by atoms with Crippen molar-refractivity contribution in [3.8, 4) is 22.6 Å². The summed E-state index contributed by atoms with van der Waals surface area (Å²) in [6.07, 6.45) is 1.96. The van der Waals surface area contributed by atoms with Crippen LogP contribution in [0.1, 0.15) is 22.7 Å². The molecule has 1 aliphatic heterocycles. The first-order valence-corrected chi connectivity index (χ1v) is 7.02. The number of hydrogen-bond donors (Lipinski definition) is 2. The molecule has 0 bridgehead atoms. The topological polar surface area (TPSA) is 43.7 Å². The zero-order valence-electron chi connectivity index (χ0n) is 11.4. The van der Waals surface area contributed by atoms with Gasteiger partial charge in [0, 0.05) is 18.2 Å². The minimum Gasteiger partial charge on any atom is -0.508 e. The molecule has 0 fully saturated rings. The van der Waals surface area contributed by atoms with Crippen LogP contribution in [0.3, 0.4) is 0 Å². The summed E-state index contributed by atoms with van der Waals surface area (Å²) in [6.45, 7) is 1.05. The van der Waals surface area contributed by atoms with Crippen molar-refractivity contribution in [2.75, 3.05) is 13.6 Å². The minimum atomic E-state index is 0.253. The first-order valence-electron chi connectivity index (χ1n) is 7.02. The van der Waals surface area contributed by atoms with Gasteiger partial charge in [-0.1, -0.05) is 12.1 Å². The maximum absolute atomic E-state index is 10.3. The number of phenolic OH excluding ortho intramolecular Hbond substituents is 2. The number of rotatable bonds is 0. The molecule has 2 N–H and O–H groups in total. The van der Waals surface area contributed by atoms with Crippen molar-refractivity contribution >= 4 is 0 Å². The van der Waals surface area contributed by atoms with E-state index < -0.39 is 0 Å². The van der Waals surface area contributed by atoms with Gasteiger partial charge in [0.15, 0.2) is 0 Å². The number of aromatic hydroxyl groups is 2. The molecule has 4 rings (SSSR count). The molecular formula is C17H17NO2. The molecule has 0 radical (unpaired) electrons. The Kier molecular flexibility index (Phi) is 2.36. The van der Waals surface area contributed by atoms with Gasteiger partial charge in [0.1, 0.15) is 11.5 Å². The lowest BCUT2D eigenvalue weighted by atomic mass is 9.77.